The molecule has 0 aliphatic rings. The van der Waals surface area contributed by atoms with Crippen LogP contribution in [0.25, 0.3) is 21.6 Å². The molecule has 40 heavy (non-hydrogen) atoms. The van der Waals surface area contributed by atoms with Crippen molar-refractivity contribution in [2.45, 2.75) is 50.6 Å². The maximum Gasteiger partial charge on any atom is 0.303 e. The van der Waals surface area contributed by atoms with Gasteiger partial charge in [0, 0.05) is 24.1 Å². The van der Waals surface area contributed by atoms with Gasteiger partial charge in [0.1, 0.15) is 6.04 Å². The number of imide groups is 1. The van der Waals surface area contributed by atoms with Crippen molar-refractivity contribution in [3.63, 3.8) is 0 Å². The summed E-state index contributed by atoms with van der Waals surface area (Å²) in [5.74, 6) is -3.95. The van der Waals surface area contributed by atoms with E-state index in [2.05, 4.69) is 34.2 Å². The van der Waals surface area contributed by atoms with Gasteiger partial charge in [-0.3, -0.25) is 29.3 Å². The van der Waals surface area contributed by atoms with Gasteiger partial charge in [0.05, 0.1) is 6.04 Å². The molecule has 1 heterocycles. The van der Waals surface area contributed by atoms with E-state index < -0.39 is 41.7 Å². The van der Waals surface area contributed by atoms with Crippen LogP contribution in [0.2, 0.25) is 0 Å². The molecule has 0 saturated heterocycles. The lowest BCUT2D eigenvalue weighted by molar-refractivity contribution is -0.137. The highest BCUT2D eigenvalue weighted by atomic mass is 32.1. The maximum absolute atomic E-state index is 12.6. The third-order valence-electron chi connectivity index (χ3n) is 6.17. The number of carboxylic acid groups (broad SMARTS) is 1. The number of thiophene rings is 1. The number of primary amides is 1. The molecule has 4 amide bonds. The fourth-order valence-electron chi connectivity index (χ4n) is 3.90. The summed E-state index contributed by atoms with van der Waals surface area (Å²) >= 11 is 1.65. The SMILES string of the molecule is NC(=O)CC[C@H](NC(=O)CCc1ccc(-c2cc(-c3ccccc3)cs2)cc1)C(=O)NC(=O)[C@@H](N)CCC(=O)O. The Morgan fingerprint density at radius 2 is 1.52 bits per heavy atom. The molecule has 11 heteroatoms. The molecule has 210 valence electrons. The largest absolute Gasteiger partial charge is 0.481 e. The molecule has 0 radical (unpaired) electrons. The Balaban J connectivity index is 1.54. The van der Waals surface area contributed by atoms with E-state index in [0.717, 1.165) is 27.1 Å². The summed E-state index contributed by atoms with van der Waals surface area (Å²) in [6, 6.07) is 17.7. The molecule has 0 fully saturated rings. The molecule has 10 nitrogen and oxygen atoms in total. The van der Waals surface area contributed by atoms with E-state index in [4.69, 9.17) is 16.6 Å². The highest BCUT2D eigenvalue weighted by Crippen LogP contribution is 2.32. The molecular weight excluding hydrogens is 532 g/mol. The maximum atomic E-state index is 12.6. The van der Waals surface area contributed by atoms with Crippen LogP contribution in [0.4, 0.5) is 0 Å². The second-order valence-electron chi connectivity index (χ2n) is 9.28. The van der Waals surface area contributed by atoms with Crippen molar-refractivity contribution in [3.05, 3.63) is 71.6 Å². The number of nitrogens with two attached hydrogens (primary N) is 2. The fourth-order valence-corrected chi connectivity index (χ4v) is 4.82. The Bertz CT molecular complexity index is 1340. The van der Waals surface area contributed by atoms with Gasteiger partial charge in [0.2, 0.25) is 23.6 Å². The van der Waals surface area contributed by atoms with E-state index in [9.17, 15) is 24.0 Å². The molecule has 0 bridgehead atoms. The van der Waals surface area contributed by atoms with E-state index in [0.29, 0.717) is 6.42 Å². The van der Waals surface area contributed by atoms with Crippen LogP contribution in [0, 0.1) is 0 Å². The summed E-state index contributed by atoms with van der Waals surface area (Å²) in [7, 11) is 0. The first-order valence-electron chi connectivity index (χ1n) is 12.8. The molecule has 2 atom stereocenters. The highest BCUT2D eigenvalue weighted by molar-refractivity contribution is 7.14. The average molecular weight is 565 g/mol. The Morgan fingerprint density at radius 1 is 0.825 bits per heavy atom. The van der Waals surface area contributed by atoms with Crippen LogP contribution in [0.1, 0.15) is 37.7 Å². The van der Waals surface area contributed by atoms with Gasteiger partial charge in [-0.2, -0.15) is 0 Å². The number of aryl methyl sites for hydroxylation is 1. The first kappa shape index (κ1) is 30.2. The lowest BCUT2D eigenvalue weighted by atomic mass is 10.0. The zero-order chi connectivity index (χ0) is 29.1. The number of amides is 4. The van der Waals surface area contributed by atoms with E-state index >= 15 is 0 Å². The molecule has 0 saturated carbocycles. The van der Waals surface area contributed by atoms with Crippen LogP contribution < -0.4 is 22.1 Å². The topological polar surface area (TPSA) is 182 Å². The van der Waals surface area contributed by atoms with Crippen LogP contribution in [0.3, 0.4) is 0 Å². The van der Waals surface area contributed by atoms with Gasteiger partial charge < -0.3 is 21.9 Å². The van der Waals surface area contributed by atoms with Crippen molar-refractivity contribution in [1.29, 1.82) is 0 Å². The van der Waals surface area contributed by atoms with Gasteiger partial charge in [-0.1, -0.05) is 54.6 Å². The van der Waals surface area contributed by atoms with Gasteiger partial charge in [0.25, 0.3) is 0 Å². The van der Waals surface area contributed by atoms with E-state index in [1.807, 2.05) is 42.5 Å². The van der Waals surface area contributed by atoms with Crippen molar-refractivity contribution >= 4 is 40.9 Å². The standard InChI is InChI=1S/C29H32N4O6S/c30-22(11-15-27(36)37)28(38)33-29(39)23(12-13-25(31)34)32-26(35)14-8-18-6-9-20(10-7-18)24-16-21(17-40-24)19-4-2-1-3-5-19/h1-7,9-10,16-17,22-23H,8,11-15,30H2,(H2,31,34)(H,32,35)(H,36,37)(H,33,38,39)/t22-,23-/m0/s1. The normalized spacial score (nSPS) is 12.2. The van der Waals surface area contributed by atoms with Crippen molar-refractivity contribution in [3.8, 4) is 21.6 Å². The van der Waals surface area contributed by atoms with Crippen molar-refractivity contribution in [2.75, 3.05) is 0 Å². The second-order valence-corrected chi connectivity index (χ2v) is 10.2. The smallest absolute Gasteiger partial charge is 0.303 e. The Hall–Kier alpha value is -4.35. The summed E-state index contributed by atoms with van der Waals surface area (Å²) in [6.45, 7) is 0. The zero-order valence-corrected chi connectivity index (χ0v) is 22.6. The summed E-state index contributed by atoms with van der Waals surface area (Å²) in [5.41, 5.74) is 15.1. The summed E-state index contributed by atoms with van der Waals surface area (Å²) in [4.78, 5) is 60.4. The molecule has 2 aromatic carbocycles. The van der Waals surface area contributed by atoms with Crippen LogP contribution in [-0.2, 0) is 30.4 Å². The number of hydrogen-bond acceptors (Lipinski definition) is 7. The lowest BCUT2D eigenvalue weighted by Gasteiger charge is -2.19. The van der Waals surface area contributed by atoms with E-state index in [1.165, 1.54) is 0 Å². The Morgan fingerprint density at radius 3 is 2.17 bits per heavy atom. The fraction of sp³-hybridized carbons (Fsp3) is 0.276. The van der Waals surface area contributed by atoms with Crippen molar-refractivity contribution < 1.29 is 29.1 Å². The van der Waals surface area contributed by atoms with Crippen LogP contribution in [0.5, 0.6) is 0 Å². The molecule has 3 rings (SSSR count). The lowest BCUT2D eigenvalue weighted by Crippen LogP contribution is -2.52. The first-order valence-corrected chi connectivity index (χ1v) is 13.6. The van der Waals surface area contributed by atoms with Gasteiger partial charge in [-0.05, 0) is 53.0 Å². The first-order chi connectivity index (χ1) is 19.1. The van der Waals surface area contributed by atoms with Crippen molar-refractivity contribution in [1.82, 2.24) is 10.6 Å². The molecular formula is C29H32N4O6S. The van der Waals surface area contributed by atoms with E-state index in [1.54, 1.807) is 11.3 Å². The monoisotopic (exact) mass is 564 g/mol. The minimum atomic E-state index is -1.21. The predicted octanol–water partition coefficient (Wildman–Crippen LogP) is 2.60. The molecule has 7 N–H and O–H groups in total. The second kappa shape index (κ2) is 14.7. The number of carbonyl (C=O) groups excluding carboxylic acids is 4. The number of aliphatic carboxylic acids is 1. The van der Waals surface area contributed by atoms with Gasteiger partial charge >= 0.3 is 5.97 Å². The molecule has 1 aromatic heterocycles. The molecule has 3 aromatic rings. The molecule has 0 unspecified atom stereocenters. The summed E-state index contributed by atoms with van der Waals surface area (Å²) < 4.78 is 0. The number of rotatable bonds is 14. The molecule has 0 aliphatic heterocycles. The zero-order valence-electron chi connectivity index (χ0n) is 21.8. The molecule has 0 aliphatic carbocycles. The van der Waals surface area contributed by atoms with Crippen LogP contribution >= 0.6 is 11.3 Å². The van der Waals surface area contributed by atoms with Gasteiger partial charge in [-0.15, -0.1) is 11.3 Å². The quantitative estimate of drug-likeness (QED) is 0.199. The molecule has 0 spiro atoms. The minimum Gasteiger partial charge on any atom is -0.481 e. The van der Waals surface area contributed by atoms with Gasteiger partial charge in [-0.25, -0.2) is 0 Å². The number of hydrogen-bond donors (Lipinski definition) is 5. The Kier molecular flexibility index (Phi) is 11.1. The highest BCUT2D eigenvalue weighted by Gasteiger charge is 2.25. The summed E-state index contributed by atoms with van der Waals surface area (Å²) in [6.07, 6.45) is -0.309. The average Bonchev–Trinajstić information content (AvgIpc) is 3.44. The summed E-state index contributed by atoms with van der Waals surface area (Å²) in [5, 5.41) is 15.5. The third-order valence-corrected chi connectivity index (χ3v) is 7.15. The third kappa shape index (κ3) is 9.44. The van der Waals surface area contributed by atoms with Crippen LogP contribution in [0.15, 0.2) is 66.0 Å². The van der Waals surface area contributed by atoms with Crippen molar-refractivity contribution in [2.24, 2.45) is 11.5 Å². The van der Waals surface area contributed by atoms with Crippen LogP contribution in [-0.4, -0.2) is 46.8 Å². The number of carboxylic acids is 1. The van der Waals surface area contributed by atoms with Gasteiger partial charge in [0.15, 0.2) is 0 Å². The number of benzene rings is 2. The number of carbonyl (C=O) groups is 5. The number of nitrogens with one attached hydrogen (secondary N) is 2. The Labute approximate surface area is 235 Å². The van der Waals surface area contributed by atoms with E-state index in [-0.39, 0.29) is 32.1 Å². The predicted molar refractivity (Wildman–Crippen MR) is 152 cm³/mol. The minimum absolute atomic E-state index is 0.0723.